The lowest BCUT2D eigenvalue weighted by Crippen LogP contribution is -2.56. The van der Waals surface area contributed by atoms with Crippen molar-refractivity contribution in [2.24, 2.45) is 17.0 Å². The minimum absolute atomic E-state index is 0.0320. The van der Waals surface area contributed by atoms with Gasteiger partial charge in [-0.2, -0.15) is 0 Å². The first-order valence-electron chi connectivity index (χ1n) is 15.6. The molecule has 242 valence electrons. The number of halogens is 1. The number of likely N-dealkylation sites (tertiary alicyclic amines) is 1. The Morgan fingerprint density at radius 1 is 1.13 bits per heavy atom. The number of ether oxygens (including phenoxy) is 1. The maximum Gasteiger partial charge on any atom is 0.259 e. The molecule has 11 nitrogen and oxygen atoms in total. The quantitative estimate of drug-likeness (QED) is 0.297. The van der Waals surface area contributed by atoms with Gasteiger partial charge >= 0.3 is 0 Å². The summed E-state index contributed by atoms with van der Waals surface area (Å²) in [4.78, 5) is 48.5. The molecule has 2 aliphatic heterocycles. The molecule has 0 radical (unpaired) electrons. The fraction of sp³-hybridized carbons (Fsp3) is 0.455. The minimum atomic E-state index is -3.84. The molecule has 4 fully saturated rings. The number of hydrogen-bond acceptors (Lipinski definition) is 8. The van der Waals surface area contributed by atoms with Gasteiger partial charge in [0.2, 0.25) is 21.8 Å². The van der Waals surface area contributed by atoms with E-state index in [2.05, 4.69) is 21.8 Å². The standard InChI is InChI=1S/C33H35FN4O7S/c1-2-20-17-33(20,32(41)37-46(42,43)23-9-10-23)35-30(39)28-15-22(45-36-27-12-13-44-29-11-8-21(34)14-26(27)29)18-38(28)31(40)25-16-24(25)19-6-4-3-5-7-19/h2-8,11,14,20,22-25,28H,1,9-10,12-13,15-18H2,(H,35,39)(H,37,41)/b36-27+/t20-,22?,24+,25-,28?,33+/m1/s1. The smallest absolute Gasteiger partial charge is 0.259 e. The third-order valence-electron chi connectivity index (χ3n) is 9.59. The second-order valence-electron chi connectivity index (χ2n) is 12.8. The lowest BCUT2D eigenvalue weighted by molar-refractivity contribution is -0.140. The number of rotatable bonds is 10. The van der Waals surface area contributed by atoms with E-state index in [9.17, 15) is 27.2 Å². The molecular weight excluding hydrogens is 615 g/mol. The van der Waals surface area contributed by atoms with Crippen molar-refractivity contribution in [2.75, 3.05) is 13.2 Å². The van der Waals surface area contributed by atoms with E-state index in [4.69, 9.17) is 9.57 Å². The zero-order valence-electron chi connectivity index (χ0n) is 25.1. The lowest BCUT2D eigenvalue weighted by Gasteiger charge is -2.26. The van der Waals surface area contributed by atoms with Crippen LogP contribution >= 0.6 is 0 Å². The van der Waals surface area contributed by atoms with Crippen molar-refractivity contribution in [1.29, 1.82) is 0 Å². The average Bonchev–Trinajstić information content (AvgIpc) is 3.94. The molecule has 2 N–H and O–H groups in total. The molecule has 0 aromatic heterocycles. The molecule has 1 saturated heterocycles. The van der Waals surface area contributed by atoms with Crippen LogP contribution in [0.4, 0.5) is 4.39 Å². The Kier molecular flexibility index (Phi) is 7.61. The summed E-state index contributed by atoms with van der Waals surface area (Å²) in [5.41, 5.74) is 0.548. The number of nitrogens with zero attached hydrogens (tertiary/aromatic N) is 2. The second kappa shape index (κ2) is 11.5. The number of carbonyl (C=O) groups is 3. The van der Waals surface area contributed by atoms with Gasteiger partial charge in [0, 0.05) is 30.2 Å². The minimum Gasteiger partial charge on any atom is -0.492 e. The van der Waals surface area contributed by atoms with Gasteiger partial charge in [-0.25, -0.2) is 12.8 Å². The maximum absolute atomic E-state index is 14.0. The molecule has 3 amide bonds. The molecule has 2 aromatic rings. The van der Waals surface area contributed by atoms with Crippen LogP contribution in [-0.2, 0) is 29.2 Å². The highest BCUT2D eigenvalue weighted by molar-refractivity contribution is 7.91. The van der Waals surface area contributed by atoms with Crippen LogP contribution in [0.25, 0.3) is 0 Å². The summed E-state index contributed by atoms with van der Waals surface area (Å²) in [5.74, 6) is -2.27. The van der Waals surface area contributed by atoms with Gasteiger partial charge < -0.3 is 19.8 Å². The summed E-state index contributed by atoms with van der Waals surface area (Å²) in [6.07, 6.45) is 3.16. The van der Waals surface area contributed by atoms with E-state index in [1.807, 2.05) is 30.3 Å². The molecule has 0 bridgehead atoms. The Labute approximate surface area is 266 Å². The third kappa shape index (κ3) is 5.76. The van der Waals surface area contributed by atoms with Gasteiger partial charge in [-0.1, -0.05) is 41.6 Å². The van der Waals surface area contributed by atoms with Crippen molar-refractivity contribution in [3.8, 4) is 5.75 Å². The Morgan fingerprint density at radius 2 is 1.91 bits per heavy atom. The first kappa shape index (κ1) is 30.4. The van der Waals surface area contributed by atoms with Gasteiger partial charge in [0.15, 0.2) is 0 Å². The van der Waals surface area contributed by atoms with Crippen LogP contribution in [0.15, 0.2) is 66.3 Å². The predicted molar refractivity (Wildman–Crippen MR) is 165 cm³/mol. The number of nitrogens with one attached hydrogen (secondary N) is 2. The van der Waals surface area contributed by atoms with E-state index in [0.29, 0.717) is 49.3 Å². The van der Waals surface area contributed by atoms with Crippen molar-refractivity contribution in [2.45, 2.75) is 67.4 Å². The van der Waals surface area contributed by atoms with E-state index < -0.39 is 56.5 Å². The Morgan fingerprint density at radius 3 is 2.63 bits per heavy atom. The first-order valence-corrected chi connectivity index (χ1v) is 17.2. The van der Waals surface area contributed by atoms with Crippen molar-refractivity contribution in [3.05, 3.63) is 78.1 Å². The van der Waals surface area contributed by atoms with Crippen LogP contribution in [-0.4, -0.2) is 72.8 Å². The SMILES string of the molecule is C=C[C@@H]1C[C@@]1(NC(=O)C1CC(O/N=C2\CCOc3ccc(F)cc32)CN1C(=O)[C@@H]1C[C@H]1c1ccccc1)C(=O)NS(=O)(=O)C1CC1. The molecule has 13 heteroatoms. The molecule has 2 unspecified atom stereocenters. The Bertz CT molecular complexity index is 1730. The third-order valence-corrected chi connectivity index (χ3v) is 11.4. The van der Waals surface area contributed by atoms with Crippen molar-refractivity contribution in [1.82, 2.24) is 14.9 Å². The average molecular weight is 651 g/mol. The molecule has 3 aliphatic carbocycles. The van der Waals surface area contributed by atoms with E-state index in [-0.39, 0.29) is 37.1 Å². The van der Waals surface area contributed by atoms with Crippen LogP contribution in [0, 0.1) is 17.7 Å². The number of hydrogen-bond donors (Lipinski definition) is 2. The van der Waals surface area contributed by atoms with Crippen molar-refractivity contribution in [3.63, 3.8) is 0 Å². The van der Waals surface area contributed by atoms with E-state index in [1.54, 1.807) is 0 Å². The number of sulfonamides is 1. The largest absolute Gasteiger partial charge is 0.492 e. The molecule has 6 atom stereocenters. The molecular formula is C33H35FN4O7S. The van der Waals surface area contributed by atoms with Crippen LogP contribution in [0.5, 0.6) is 5.75 Å². The van der Waals surface area contributed by atoms with E-state index >= 15 is 0 Å². The number of amides is 3. The summed E-state index contributed by atoms with van der Waals surface area (Å²) >= 11 is 0. The molecule has 2 aromatic carbocycles. The Hall–Kier alpha value is -4.26. The van der Waals surface area contributed by atoms with E-state index in [1.165, 1.54) is 29.2 Å². The van der Waals surface area contributed by atoms with Crippen LogP contribution in [0.2, 0.25) is 0 Å². The van der Waals surface area contributed by atoms with Gasteiger partial charge in [0.25, 0.3) is 5.91 Å². The molecule has 7 rings (SSSR count). The second-order valence-corrected chi connectivity index (χ2v) is 14.7. The first-order chi connectivity index (χ1) is 22.1. The lowest BCUT2D eigenvalue weighted by atomic mass is 10.0. The highest BCUT2D eigenvalue weighted by atomic mass is 32.2. The summed E-state index contributed by atoms with van der Waals surface area (Å²) in [6.45, 7) is 4.17. The fourth-order valence-corrected chi connectivity index (χ4v) is 7.98. The van der Waals surface area contributed by atoms with Gasteiger partial charge in [-0.3, -0.25) is 19.1 Å². The molecule has 5 aliphatic rings. The topological polar surface area (TPSA) is 143 Å². The highest BCUT2D eigenvalue weighted by Crippen LogP contribution is 2.50. The zero-order valence-corrected chi connectivity index (χ0v) is 25.9. The molecule has 46 heavy (non-hydrogen) atoms. The molecule has 3 saturated carbocycles. The van der Waals surface area contributed by atoms with Crippen molar-refractivity contribution >= 4 is 33.5 Å². The summed E-state index contributed by atoms with van der Waals surface area (Å²) in [5, 5.41) is 6.50. The summed E-state index contributed by atoms with van der Waals surface area (Å²) in [6, 6.07) is 12.9. The normalized spacial score (nSPS) is 30.5. The molecule has 2 heterocycles. The number of fused-ring (bicyclic) bond motifs is 1. The summed E-state index contributed by atoms with van der Waals surface area (Å²) < 4.78 is 46.9. The van der Waals surface area contributed by atoms with Crippen LogP contribution in [0.3, 0.4) is 0 Å². The predicted octanol–water partition coefficient (Wildman–Crippen LogP) is 2.77. The number of carbonyl (C=O) groups excluding carboxylic acids is 3. The van der Waals surface area contributed by atoms with Gasteiger partial charge in [-0.15, -0.1) is 6.58 Å². The number of oxime groups is 1. The van der Waals surface area contributed by atoms with E-state index in [0.717, 1.165) is 5.56 Å². The van der Waals surface area contributed by atoms with Crippen LogP contribution < -0.4 is 14.8 Å². The molecule has 0 spiro atoms. The number of benzene rings is 2. The van der Waals surface area contributed by atoms with Gasteiger partial charge in [0.05, 0.1) is 24.1 Å². The van der Waals surface area contributed by atoms with Gasteiger partial charge in [0.1, 0.15) is 29.3 Å². The van der Waals surface area contributed by atoms with Gasteiger partial charge in [-0.05, 0) is 55.4 Å². The van der Waals surface area contributed by atoms with Crippen molar-refractivity contribution < 1.29 is 36.8 Å². The summed E-state index contributed by atoms with van der Waals surface area (Å²) in [7, 11) is -3.84. The van der Waals surface area contributed by atoms with Crippen LogP contribution in [0.1, 0.15) is 55.6 Å². The monoisotopic (exact) mass is 650 g/mol. The fourth-order valence-electron chi connectivity index (χ4n) is 6.61. The Balaban J connectivity index is 1.11. The zero-order chi connectivity index (χ0) is 32.2. The highest BCUT2D eigenvalue weighted by Gasteiger charge is 2.62. The maximum atomic E-state index is 14.0.